The molecule has 0 atom stereocenters. The minimum absolute atomic E-state index is 0.124. The summed E-state index contributed by atoms with van der Waals surface area (Å²) in [7, 11) is 0. The van der Waals surface area contributed by atoms with E-state index in [9.17, 15) is 19.3 Å². The number of benzene rings is 1. The molecule has 1 N–H and O–H groups in total. The lowest BCUT2D eigenvalue weighted by Crippen LogP contribution is -2.17. The number of nitrogens with zero attached hydrogens (tertiary/aromatic N) is 3. The van der Waals surface area contributed by atoms with Gasteiger partial charge < -0.3 is 5.32 Å². The first-order valence-electron chi connectivity index (χ1n) is 7.63. The van der Waals surface area contributed by atoms with Crippen molar-refractivity contribution in [2.45, 2.75) is 20.3 Å². The van der Waals surface area contributed by atoms with Crippen LogP contribution in [0.4, 0.5) is 15.8 Å². The van der Waals surface area contributed by atoms with Crippen LogP contribution in [0.15, 0.2) is 36.5 Å². The Bertz CT molecular complexity index is 997. The van der Waals surface area contributed by atoms with Crippen LogP contribution in [0.1, 0.15) is 28.7 Å². The molecule has 0 fully saturated rings. The topological polar surface area (TPSA) is 89.5 Å². The van der Waals surface area contributed by atoms with Crippen LogP contribution in [0.3, 0.4) is 0 Å². The van der Waals surface area contributed by atoms with Crippen LogP contribution in [0.2, 0.25) is 0 Å². The summed E-state index contributed by atoms with van der Waals surface area (Å²) in [5.41, 5.74) is 2.07. The molecule has 8 heteroatoms. The first-order valence-corrected chi connectivity index (χ1v) is 7.63. The van der Waals surface area contributed by atoms with Gasteiger partial charge in [0, 0.05) is 18.3 Å². The molecule has 3 aromatic rings. The number of imidazole rings is 1. The molecule has 2 heterocycles. The summed E-state index contributed by atoms with van der Waals surface area (Å²) in [6.07, 6.45) is 1.68. The summed E-state index contributed by atoms with van der Waals surface area (Å²) < 4.78 is 15.0. The molecule has 7 nitrogen and oxygen atoms in total. The van der Waals surface area contributed by atoms with E-state index in [2.05, 4.69) is 10.3 Å². The van der Waals surface area contributed by atoms with Crippen molar-refractivity contribution in [2.75, 3.05) is 5.32 Å². The summed E-state index contributed by atoms with van der Waals surface area (Å²) in [5.74, 6) is -0.994. The smallest absolute Gasteiger partial charge is 0.274 e. The van der Waals surface area contributed by atoms with E-state index in [1.165, 1.54) is 34.9 Å². The highest BCUT2D eigenvalue weighted by atomic mass is 19.1. The maximum atomic E-state index is 13.6. The number of carbonyl (C=O) groups excluding carboxylic acids is 1. The number of amides is 1. The third kappa shape index (κ3) is 3.06. The van der Waals surface area contributed by atoms with Crippen molar-refractivity contribution >= 4 is 22.9 Å². The second kappa shape index (κ2) is 6.31. The Morgan fingerprint density at radius 1 is 1.36 bits per heavy atom. The molecule has 2 aromatic heterocycles. The van der Waals surface area contributed by atoms with Crippen molar-refractivity contribution in [3.05, 3.63) is 69.4 Å². The van der Waals surface area contributed by atoms with Crippen molar-refractivity contribution < 1.29 is 14.1 Å². The fraction of sp³-hybridized carbons (Fsp3) is 0.176. The van der Waals surface area contributed by atoms with Gasteiger partial charge in [-0.3, -0.25) is 19.3 Å². The van der Waals surface area contributed by atoms with Crippen LogP contribution in [0.25, 0.3) is 5.65 Å². The Morgan fingerprint density at radius 2 is 2.12 bits per heavy atom. The highest BCUT2D eigenvalue weighted by Crippen LogP contribution is 2.23. The molecule has 0 saturated carbocycles. The number of hydrogen-bond donors (Lipinski definition) is 1. The van der Waals surface area contributed by atoms with Crippen LogP contribution in [-0.2, 0) is 6.42 Å². The first-order chi connectivity index (χ1) is 11.9. The molecule has 1 amide bonds. The number of pyridine rings is 1. The van der Waals surface area contributed by atoms with Gasteiger partial charge >= 0.3 is 0 Å². The van der Waals surface area contributed by atoms with E-state index in [0.717, 1.165) is 0 Å². The van der Waals surface area contributed by atoms with Gasteiger partial charge in [0.25, 0.3) is 11.6 Å². The standard InChI is InChI=1S/C17H15FN4O3/c1-3-13-16(21-9-11(18)5-7-15(21)19-13)17(23)20-14-8-12(22(24)25)6-4-10(14)2/h4-9H,3H2,1-2H3,(H,20,23). The summed E-state index contributed by atoms with van der Waals surface area (Å²) in [5, 5.41) is 13.6. The Morgan fingerprint density at radius 3 is 2.80 bits per heavy atom. The molecule has 128 valence electrons. The summed E-state index contributed by atoms with van der Waals surface area (Å²) >= 11 is 0. The van der Waals surface area contributed by atoms with E-state index < -0.39 is 16.6 Å². The van der Waals surface area contributed by atoms with Crippen LogP contribution in [-0.4, -0.2) is 20.2 Å². The molecule has 1 aromatic carbocycles. The van der Waals surface area contributed by atoms with E-state index in [4.69, 9.17) is 0 Å². The van der Waals surface area contributed by atoms with E-state index in [0.29, 0.717) is 29.0 Å². The number of fused-ring (bicyclic) bond motifs is 1. The zero-order valence-corrected chi connectivity index (χ0v) is 13.6. The molecule has 3 rings (SSSR count). The van der Waals surface area contributed by atoms with Gasteiger partial charge in [-0.05, 0) is 31.0 Å². The van der Waals surface area contributed by atoms with Crippen LogP contribution in [0, 0.1) is 22.9 Å². The number of non-ortho nitro benzene ring substituents is 1. The Labute approximate surface area is 142 Å². The largest absolute Gasteiger partial charge is 0.320 e. The van der Waals surface area contributed by atoms with Crippen molar-refractivity contribution in [1.82, 2.24) is 9.38 Å². The number of carbonyl (C=O) groups is 1. The minimum Gasteiger partial charge on any atom is -0.320 e. The highest BCUT2D eigenvalue weighted by molar-refractivity contribution is 6.05. The predicted molar refractivity (Wildman–Crippen MR) is 90.3 cm³/mol. The third-order valence-electron chi connectivity index (χ3n) is 3.88. The number of hydrogen-bond acceptors (Lipinski definition) is 4. The molecular formula is C17H15FN4O3. The minimum atomic E-state index is -0.532. The Balaban J connectivity index is 2.05. The molecular weight excluding hydrogens is 327 g/mol. The third-order valence-corrected chi connectivity index (χ3v) is 3.88. The van der Waals surface area contributed by atoms with Crippen molar-refractivity contribution in [3.8, 4) is 0 Å². The van der Waals surface area contributed by atoms with E-state index >= 15 is 0 Å². The highest BCUT2D eigenvalue weighted by Gasteiger charge is 2.20. The van der Waals surface area contributed by atoms with Crippen molar-refractivity contribution in [1.29, 1.82) is 0 Å². The van der Waals surface area contributed by atoms with Gasteiger partial charge in [-0.25, -0.2) is 9.37 Å². The van der Waals surface area contributed by atoms with Crippen LogP contribution >= 0.6 is 0 Å². The number of nitrogens with one attached hydrogen (secondary N) is 1. The van der Waals surface area contributed by atoms with Gasteiger partial charge in [0.1, 0.15) is 17.2 Å². The average Bonchev–Trinajstić information content (AvgIpc) is 2.94. The van der Waals surface area contributed by atoms with Crippen LogP contribution < -0.4 is 5.32 Å². The maximum absolute atomic E-state index is 13.6. The fourth-order valence-electron chi connectivity index (χ4n) is 2.59. The average molecular weight is 342 g/mol. The predicted octanol–water partition coefficient (Wildman–Crippen LogP) is 3.50. The summed E-state index contributed by atoms with van der Waals surface area (Å²) in [4.78, 5) is 27.5. The lowest BCUT2D eigenvalue weighted by atomic mass is 10.1. The van der Waals surface area contributed by atoms with Gasteiger partial charge in [0.05, 0.1) is 16.3 Å². The number of anilines is 1. The SMILES string of the molecule is CCc1nc2ccc(F)cn2c1C(=O)Nc1cc([N+](=O)[O-])ccc1C. The van der Waals surface area contributed by atoms with Gasteiger partial charge in [0.15, 0.2) is 0 Å². The van der Waals surface area contributed by atoms with Crippen molar-refractivity contribution in [2.24, 2.45) is 0 Å². The Hall–Kier alpha value is -3.29. The lowest BCUT2D eigenvalue weighted by Gasteiger charge is -2.09. The molecule has 0 aliphatic heterocycles. The van der Waals surface area contributed by atoms with Crippen molar-refractivity contribution in [3.63, 3.8) is 0 Å². The van der Waals surface area contributed by atoms with E-state index in [1.54, 1.807) is 13.0 Å². The monoisotopic (exact) mass is 342 g/mol. The maximum Gasteiger partial charge on any atom is 0.274 e. The number of nitro groups is 1. The molecule has 0 unspecified atom stereocenters. The normalized spacial score (nSPS) is 10.8. The molecule has 0 saturated heterocycles. The number of rotatable bonds is 4. The van der Waals surface area contributed by atoms with Gasteiger partial charge in [-0.15, -0.1) is 0 Å². The molecule has 0 radical (unpaired) electrons. The summed E-state index contributed by atoms with van der Waals surface area (Å²) in [6, 6.07) is 6.98. The zero-order valence-electron chi connectivity index (χ0n) is 13.6. The summed E-state index contributed by atoms with van der Waals surface area (Å²) in [6.45, 7) is 3.57. The van der Waals surface area contributed by atoms with E-state index in [1.807, 2.05) is 6.92 Å². The fourth-order valence-corrected chi connectivity index (χ4v) is 2.59. The van der Waals surface area contributed by atoms with E-state index in [-0.39, 0.29) is 11.4 Å². The molecule has 0 bridgehead atoms. The molecule has 0 aliphatic carbocycles. The van der Waals surface area contributed by atoms with Gasteiger partial charge in [-0.2, -0.15) is 0 Å². The second-order valence-corrected chi connectivity index (χ2v) is 5.55. The first kappa shape index (κ1) is 16.6. The second-order valence-electron chi connectivity index (χ2n) is 5.55. The molecule has 0 spiro atoms. The molecule has 25 heavy (non-hydrogen) atoms. The number of halogens is 1. The Kier molecular flexibility index (Phi) is 4.18. The van der Waals surface area contributed by atoms with Gasteiger partial charge in [0.2, 0.25) is 0 Å². The number of nitro benzene ring substituents is 1. The number of aryl methyl sites for hydroxylation is 2. The molecule has 0 aliphatic rings. The van der Waals surface area contributed by atoms with Gasteiger partial charge in [-0.1, -0.05) is 13.0 Å². The zero-order chi connectivity index (χ0) is 18.1. The lowest BCUT2D eigenvalue weighted by molar-refractivity contribution is -0.384. The van der Waals surface area contributed by atoms with Crippen LogP contribution in [0.5, 0.6) is 0 Å². The quantitative estimate of drug-likeness (QED) is 0.580. The number of aromatic nitrogens is 2.